The zero-order valence-corrected chi connectivity index (χ0v) is 13.4. The molecule has 1 aliphatic rings. The van der Waals surface area contributed by atoms with Crippen LogP contribution in [-0.4, -0.2) is 36.5 Å². The Kier molecular flexibility index (Phi) is 5.57. The molecular formula is C15H22BrN3O. The Morgan fingerprint density at radius 2 is 2.20 bits per heavy atom. The number of nitrogens with two attached hydrogens (primary N) is 1. The molecule has 2 rings (SSSR count). The maximum atomic E-state index is 10.9. The molecule has 1 unspecified atom stereocenters. The fraction of sp³-hybridized carbons (Fsp3) is 0.533. The van der Waals surface area contributed by atoms with Gasteiger partial charge in [-0.2, -0.15) is 0 Å². The molecule has 1 fully saturated rings. The highest BCUT2D eigenvalue weighted by Gasteiger charge is 2.21. The third-order valence-corrected chi connectivity index (χ3v) is 4.29. The van der Waals surface area contributed by atoms with E-state index in [9.17, 15) is 4.79 Å². The lowest BCUT2D eigenvalue weighted by Gasteiger charge is -2.33. The topological polar surface area (TPSA) is 58.4 Å². The molecular weight excluding hydrogens is 318 g/mol. The first-order valence-electron chi connectivity index (χ1n) is 7.07. The van der Waals surface area contributed by atoms with E-state index < -0.39 is 0 Å². The number of piperidine rings is 1. The van der Waals surface area contributed by atoms with E-state index in [-0.39, 0.29) is 5.91 Å². The summed E-state index contributed by atoms with van der Waals surface area (Å²) in [6.07, 6.45) is 2.12. The van der Waals surface area contributed by atoms with E-state index in [1.807, 2.05) is 6.07 Å². The number of likely N-dealkylation sites (tertiary alicyclic amines) is 1. The lowest BCUT2D eigenvalue weighted by molar-refractivity contribution is -0.119. The maximum Gasteiger partial charge on any atom is 0.231 e. The molecule has 20 heavy (non-hydrogen) atoms. The minimum Gasteiger partial charge on any atom is -0.369 e. The Balaban J connectivity index is 1.82. The molecule has 1 heterocycles. The fourth-order valence-corrected chi connectivity index (χ4v) is 3.12. The van der Waals surface area contributed by atoms with Gasteiger partial charge in [-0.05, 0) is 37.5 Å². The van der Waals surface area contributed by atoms with Gasteiger partial charge in [-0.15, -0.1) is 0 Å². The SMILES string of the molecule is CC(NC1CCN(CC(N)=O)CC1)c1cccc(Br)c1. The summed E-state index contributed by atoms with van der Waals surface area (Å²) in [7, 11) is 0. The van der Waals surface area contributed by atoms with Crippen LogP contribution >= 0.6 is 15.9 Å². The third-order valence-electron chi connectivity index (χ3n) is 3.80. The summed E-state index contributed by atoms with van der Waals surface area (Å²) in [6.45, 7) is 4.45. The number of primary amides is 1. The molecule has 1 saturated heterocycles. The lowest BCUT2D eigenvalue weighted by Crippen LogP contribution is -2.45. The van der Waals surface area contributed by atoms with Crippen molar-refractivity contribution in [3.8, 4) is 0 Å². The van der Waals surface area contributed by atoms with Crippen LogP contribution in [0.1, 0.15) is 31.4 Å². The molecule has 0 spiro atoms. The third kappa shape index (κ3) is 4.58. The zero-order valence-electron chi connectivity index (χ0n) is 11.8. The Morgan fingerprint density at radius 1 is 1.50 bits per heavy atom. The number of nitrogens with zero attached hydrogens (tertiary/aromatic N) is 1. The van der Waals surface area contributed by atoms with E-state index in [1.54, 1.807) is 0 Å². The second-order valence-electron chi connectivity index (χ2n) is 5.46. The first-order valence-corrected chi connectivity index (χ1v) is 7.86. The van der Waals surface area contributed by atoms with Gasteiger partial charge in [-0.1, -0.05) is 28.1 Å². The first kappa shape index (κ1) is 15.5. The average Bonchev–Trinajstić information content (AvgIpc) is 2.40. The van der Waals surface area contributed by atoms with Crippen molar-refractivity contribution in [1.29, 1.82) is 0 Å². The molecule has 5 heteroatoms. The van der Waals surface area contributed by atoms with Gasteiger partial charge in [0.1, 0.15) is 0 Å². The standard InChI is InChI=1S/C15H22BrN3O/c1-11(12-3-2-4-13(16)9-12)18-14-5-7-19(8-6-14)10-15(17)20/h2-4,9,11,14,18H,5-8,10H2,1H3,(H2,17,20). The molecule has 4 nitrogen and oxygen atoms in total. The van der Waals surface area contributed by atoms with Crippen molar-refractivity contribution in [1.82, 2.24) is 10.2 Å². The van der Waals surface area contributed by atoms with Crippen LogP contribution in [0, 0.1) is 0 Å². The largest absolute Gasteiger partial charge is 0.369 e. The summed E-state index contributed by atoms with van der Waals surface area (Å²) in [5, 5.41) is 3.67. The van der Waals surface area contributed by atoms with E-state index in [1.165, 1.54) is 5.56 Å². The van der Waals surface area contributed by atoms with Crippen LogP contribution in [0.25, 0.3) is 0 Å². The van der Waals surface area contributed by atoms with Gasteiger partial charge in [0, 0.05) is 29.6 Å². The summed E-state index contributed by atoms with van der Waals surface area (Å²) in [6, 6.07) is 9.24. The van der Waals surface area contributed by atoms with Gasteiger partial charge in [-0.3, -0.25) is 9.69 Å². The monoisotopic (exact) mass is 339 g/mol. The quantitative estimate of drug-likeness (QED) is 0.863. The molecule has 110 valence electrons. The van der Waals surface area contributed by atoms with Crippen LogP contribution in [0.2, 0.25) is 0 Å². The Bertz CT molecular complexity index is 458. The molecule has 3 N–H and O–H groups in total. The van der Waals surface area contributed by atoms with Crippen molar-refractivity contribution in [3.63, 3.8) is 0 Å². The van der Waals surface area contributed by atoms with E-state index in [4.69, 9.17) is 5.73 Å². The number of rotatable bonds is 5. The molecule has 1 aromatic carbocycles. The fourth-order valence-electron chi connectivity index (χ4n) is 2.70. The van der Waals surface area contributed by atoms with Crippen LogP contribution in [0.5, 0.6) is 0 Å². The second kappa shape index (κ2) is 7.20. The Labute approximate surface area is 128 Å². The van der Waals surface area contributed by atoms with Crippen molar-refractivity contribution in [2.75, 3.05) is 19.6 Å². The second-order valence-corrected chi connectivity index (χ2v) is 6.38. The van der Waals surface area contributed by atoms with Gasteiger partial charge < -0.3 is 11.1 Å². The van der Waals surface area contributed by atoms with Crippen molar-refractivity contribution in [2.24, 2.45) is 5.73 Å². The number of carbonyl (C=O) groups is 1. The van der Waals surface area contributed by atoms with E-state index in [0.29, 0.717) is 18.6 Å². The highest BCUT2D eigenvalue weighted by molar-refractivity contribution is 9.10. The minimum absolute atomic E-state index is 0.237. The van der Waals surface area contributed by atoms with Crippen LogP contribution in [-0.2, 0) is 4.79 Å². The number of hydrogen-bond donors (Lipinski definition) is 2. The van der Waals surface area contributed by atoms with Crippen molar-refractivity contribution >= 4 is 21.8 Å². The van der Waals surface area contributed by atoms with Crippen molar-refractivity contribution in [2.45, 2.75) is 31.8 Å². The van der Waals surface area contributed by atoms with Crippen LogP contribution < -0.4 is 11.1 Å². The summed E-state index contributed by atoms with van der Waals surface area (Å²) >= 11 is 3.51. The van der Waals surface area contributed by atoms with Crippen LogP contribution in [0.4, 0.5) is 0 Å². The molecule has 1 amide bonds. The van der Waals surface area contributed by atoms with E-state index in [2.05, 4.69) is 51.3 Å². The lowest BCUT2D eigenvalue weighted by atomic mass is 10.0. The highest BCUT2D eigenvalue weighted by atomic mass is 79.9. The van der Waals surface area contributed by atoms with Gasteiger partial charge in [0.15, 0.2) is 0 Å². The smallest absolute Gasteiger partial charge is 0.231 e. The number of amides is 1. The molecule has 0 bridgehead atoms. The first-order chi connectivity index (χ1) is 9.54. The predicted octanol–water partition coefficient (Wildman–Crippen LogP) is 2.05. The summed E-state index contributed by atoms with van der Waals surface area (Å²) < 4.78 is 1.11. The summed E-state index contributed by atoms with van der Waals surface area (Å²) in [5.74, 6) is -0.237. The van der Waals surface area contributed by atoms with Gasteiger partial charge >= 0.3 is 0 Å². The van der Waals surface area contributed by atoms with E-state index >= 15 is 0 Å². The molecule has 0 saturated carbocycles. The highest BCUT2D eigenvalue weighted by Crippen LogP contribution is 2.20. The molecule has 0 radical (unpaired) electrons. The summed E-state index contributed by atoms with van der Waals surface area (Å²) in [5.41, 5.74) is 6.52. The number of nitrogens with one attached hydrogen (secondary N) is 1. The molecule has 1 atom stereocenters. The molecule has 1 aromatic rings. The van der Waals surface area contributed by atoms with Gasteiger partial charge in [0.05, 0.1) is 6.54 Å². The minimum atomic E-state index is -0.237. The molecule has 0 aromatic heterocycles. The van der Waals surface area contributed by atoms with Gasteiger partial charge in [0.25, 0.3) is 0 Å². The van der Waals surface area contributed by atoms with Gasteiger partial charge in [-0.25, -0.2) is 0 Å². The normalized spacial score (nSPS) is 18.9. The predicted molar refractivity (Wildman–Crippen MR) is 84.3 cm³/mol. The van der Waals surface area contributed by atoms with Crippen LogP contribution in [0.15, 0.2) is 28.7 Å². The average molecular weight is 340 g/mol. The zero-order chi connectivity index (χ0) is 14.5. The maximum absolute atomic E-state index is 10.9. The summed E-state index contributed by atoms with van der Waals surface area (Å²) in [4.78, 5) is 13.0. The Hall–Kier alpha value is -0.910. The molecule has 1 aliphatic heterocycles. The number of carbonyl (C=O) groups excluding carboxylic acids is 1. The number of halogens is 1. The van der Waals surface area contributed by atoms with Gasteiger partial charge in [0.2, 0.25) is 5.91 Å². The Morgan fingerprint density at radius 3 is 2.80 bits per heavy atom. The van der Waals surface area contributed by atoms with E-state index in [0.717, 1.165) is 30.4 Å². The number of benzene rings is 1. The number of hydrogen-bond acceptors (Lipinski definition) is 3. The van der Waals surface area contributed by atoms with Crippen LogP contribution in [0.3, 0.4) is 0 Å². The van der Waals surface area contributed by atoms with Crippen molar-refractivity contribution in [3.05, 3.63) is 34.3 Å². The molecule has 0 aliphatic carbocycles. The van der Waals surface area contributed by atoms with Crippen molar-refractivity contribution < 1.29 is 4.79 Å².